The number of hydrogen-bond acceptors (Lipinski definition) is 3. The summed E-state index contributed by atoms with van der Waals surface area (Å²) < 4.78 is 11.7. The predicted octanol–water partition coefficient (Wildman–Crippen LogP) is 3.43. The fourth-order valence-corrected chi connectivity index (χ4v) is 1.84. The molecule has 0 fully saturated rings. The van der Waals surface area contributed by atoms with Crippen molar-refractivity contribution in [3.63, 3.8) is 0 Å². The molecule has 3 nitrogen and oxygen atoms in total. The number of pyridine rings is 1. The van der Waals surface area contributed by atoms with Gasteiger partial charge in [-0.3, -0.25) is 4.98 Å². The van der Waals surface area contributed by atoms with Crippen LogP contribution in [0, 0.1) is 0 Å². The molecule has 0 aliphatic carbocycles. The minimum absolute atomic E-state index is 0.496. The van der Waals surface area contributed by atoms with E-state index in [4.69, 9.17) is 9.47 Å². The Morgan fingerprint density at radius 2 is 2.12 bits per heavy atom. The Balaban J connectivity index is 2.04. The molecule has 0 amide bonds. The highest BCUT2D eigenvalue weighted by atomic mass is 79.9. The normalized spacial score (nSPS) is 10.0. The van der Waals surface area contributed by atoms with Crippen molar-refractivity contribution in [2.75, 3.05) is 7.11 Å². The first kappa shape index (κ1) is 11.9. The maximum atomic E-state index is 5.61. The Morgan fingerprint density at radius 3 is 2.76 bits per heavy atom. The van der Waals surface area contributed by atoms with E-state index >= 15 is 0 Å². The highest BCUT2D eigenvalue weighted by Gasteiger charge is 2.02. The fourth-order valence-electron chi connectivity index (χ4n) is 1.37. The van der Waals surface area contributed by atoms with E-state index in [0.717, 1.165) is 21.5 Å². The summed E-state index contributed by atoms with van der Waals surface area (Å²) in [5.74, 6) is 1.58. The van der Waals surface area contributed by atoms with E-state index in [1.54, 1.807) is 19.5 Å². The molecule has 17 heavy (non-hydrogen) atoms. The lowest BCUT2D eigenvalue weighted by atomic mass is 10.2. The van der Waals surface area contributed by atoms with E-state index in [0.29, 0.717) is 6.61 Å². The third-order valence-corrected chi connectivity index (χ3v) is 3.03. The molecule has 0 radical (unpaired) electrons. The van der Waals surface area contributed by atoms with Gasteiger partial charge in [-0.15, -0.1) is 0 Å². The van der Waals surface area contributed by atoms with Crippen molar-refractivity contribution in [2.24, 2.45) is 0 Å². The molecule has 0 N–H and O–H groups in total. The number of nitrogens with zero attached hydrogens (tertiary/aromatic N) is 1. The van der Waals surface area contributed by atoms with E-state index in [1.165, 1.54) is 0 Å². The largest absolute Gasteiger partial charge is 0.497 e. The minimum atomic E-state index is 0.496. The molecule has 0 spiro atoms. The molecule has 0 aliphatic heterocycles. The van der Waals surface area contributed by atoms with Gasteiger partial charge in [0.25, 0.3) is 0 Å². The van der Waals surface area contributed by atoms with Crippen molar-refractivity contribution in [1.29, 1.82) is 0 Å². The minimum Gasteiger partial charge on any atom is -0.497 e. The smallest absolute Gasteiger partial charge is 0.138 e. The van der Waals surface area contributed by atoms with Crippen molar-refractivity contribution in [2.45, 2.75) is 6.61 Å². The lowest BCUT2D eigenvalue weighted by molar-refractivity contribution is 0.304. The van der Waals surface area contributed by atoms with Crippen LogP contribution >= 0.6 is 15.9 Å². The first-order chi connectivity index (χ1) is 8.29. The van der Waals surface area contributed by atoms with Gasteiger partial charge >= 0.3 is 0 Å². The lowest BCUT2D eigenvalue weighted by Crippen LogP contribution is -1.97. The first-order valence-electron chi connectivity index (χ1n) is 5.15. The Hall–Kier alpha value is -1.55. The van der Waals surface area contributed by atoms with Gasteiger partial charge in [0.2, 0.25) is 0 Å². The van der Waals surface area contributed by atoms with Gasteiger partial charge in [-0.25, -0.2) is 0 Å². The zero-order valence-electron chi connectivity index (χ0n) is 9.39. The quantitative estimate of drug-likeness (QED) is 0.865. The average molecular weight is 294 g/mol. The molecule has 2 rings (SSSR count). The Bertz CT molecular complexity index is 488. The molecule has 0 saturated heterocycles. The average Bonchev–Trinajstić information content (AvgIpc) is 2.38. The summed E-state index contributed by atoms with van der Waals surface area (Å²) in [6.45, 7) is 0.496. The Kier molecular flexibility index (Phi) is 3.98. The maximum absolute atomic E-state index is 5.61. The van der Waals surface area contributed by atoms with Gasteiger partial charge in [0.05, 0.1) is 13.3 Å². The van der Waals surface area contributed by atoms with Crippen LogP contribution in [-0.4, -0.2) is 12.1 Å². The van der Waals surface area contributed by atoms with Crippen LogP contribution in [0.3, 0.4) is 0 Å². The summed E-state index contributed by atoms with van der Waals surface area (Å²) in [5, 5.41) is 0. The van der Waals surface area contributed by atoms with E-state index in [9.17, 15) is 0 Å². The van der Waals surface area contributed by atoms with E-state index in [-0.39, 0.29) is 0 Å². The topological polar surface area (TPSA) is 31.4 Å². The molecule has 0 bridgehead atoms. The summed E-state index contributed by atoms with van der Waals surface area (Å²) in [6.07, 6.45) is 3.41. The van der Waals surface area contributed by atoms with Crippen LogP contribution in [0.1, 0.15) is 5.56 Å². The molecule has 0 atom stereocenters. The molecule has 0 aliphatic rings. The van der Waals surface area contributed by atoms with Gasteiger partial charge in [0.15, 0.2) is 0 Å². The van der Waals surface area contributed by atoms with Crippen molar-refractivity contribution >= 4 is 15.9 Å². The van der Waals surface area contributed by atoms with Gasteiger partial charge in [0.1, 0.15) is 18.1 Å². The SMILES string of the molecule is COc1ccc(COc2cccnc2)c(Br)c1. The Morgan fingerprint density at radius 1 is 1.24 bits per heavy atom. The van der Waals surface area contributed by atoms with Crippen LogP contribution in [-0.2, 0) is 6.61 Å². The third kappa shape index (κ3) is 3.20. The molecule has 1 heterocycles. The highest BCUT2D eigenvalue weighted by Crippen LogP contribution is 2.24. The van der Waals surface area contributed by atoms with Crippen molar-refractivity contribution in [3.05, 3.63) is 52.8 Å². The van der Waals surface area contributed by atoms with Crippen LogP contribution in [0.2, 0.25) is 0 Å². The number of ether oxygens (including phenoxy) is 2. The number of aromatic nitrogens is 1. The second-order valence-electron chi connectivity index (χ2n) is 3.43. The van der Waals surface area contributed by atoms with Gasteiger partial charge in [0, 0.05) is 16.2 Å². The molecular weight excluding hydrogens is 282 g/mol. The number of methoxy groups -OCH3 is 1. The summed E-state index contributed by atoms with van der Waals surface area (Å²) in [5.41, 5.74) is 1.06. The van der Waals surface area contributed by atoms with Crippen molar-refractivity contribution in [1.82, 2.24) is 4.98 Å². The second-order valence-corrected chi connectivity index (χ2v) is 4.29. The standard InChI is InChI=1S/C13H12BrNO2/c1-16-11-5-4-10(13(14)7-11)9-17-12-3-2-6-15-8-12/h2-8H,9H2,1H3. The fraction of sp³-hybridized carbons (Fsp3) is 0.154. The molecule has 4 heteroatoms. The molecule has 2 aromatic rings. The predicted molar refractivity (Wildman–Crippen MR) is 69.3 cm³/mol. The molecule has 1 aromatic carbocycles. The van der Waals surface area contributed by atoms with Crippen LogP contribution in [0.15, 0.2) is 47.2 Å². The lowest BCUT2D eigenvalue weighted by Gasteiger charge is -2.08. The van der Waals surface area contributed by atoms with Gasteiger partial charge in [-0.1, -0.05) is 22.0 Å². The van der Waals surface area contributed by atoms with Crippen LogP contribution in [0.5, 0.6) is 11.5 Å². The van der Waals surface area contributed by atoms with Gasteiger partial charge in [-0.05, 0) is 24.3 Å². The second kappa shape index (κ2) is 5.68. The van der Waals surface area contributed by atoms with E-state index < -0.39 is 0 Å². The summed E-state index contributed by atoms with van der Waals surface area (Å²) in [4.78, 5) is 3.99. The number of hydrogen-bond donors (Lipinski definition) is 0. The van der Waals surface area contributed by atoms with Gasteiger partial charge < -0.3 is 9.47 Å². The van der Waals surface area contributed by atoms with Crippen LogP contribution < -0.4 is 9.47 Å². The number of benzene rings is 1. The van der Waals surface area contributed by atoms with E-state index in [1.807, 2.05) is 30.3 Å². The van der Waals surface area contributed by atoms with E-state index in [2.05, 4.69) is 20.9 Å². The molecule has 1 aromatic heterocycles. The monoisotopic (exact) mass is 293 g/mol. The van der Waals surface area contributed by atoms with Gasteiger partial charge in [-0.2, -0.15) is 0 Å². The molecule has 0 unspecified atom stereocenters. The van der Waals surface area contributed by atoms with Crippen LogP contribution in [0.25, 0.3) is 0 Å². The molecule has 0 saturated carbocycles. The number of rotatable bonds is 4. The molecular formula is C13H12BrNO2. The third-order valence-electron chi connectivity index (χ3n) is 2.29. The summed E-state index contributed by atoms with van der Waals surface area (Å²) >= 11 is 3.49. The summed E-state index contributed by atoms with van der Waals surface area (Å²) in [7, 11) is 1.65. The van der Waals surface area contributed by atoms with Crippen molar-refractivity contribution < 1.29 is 9.47 Å². The number of halogens is 1. The summed E-state index contributed by atoms with van der Waals surface area (Å²) in [6, 6.07) is 9.52. The highest BCUT2D eigenvalue weighted by molar-refractivity contribution is 9.10. The zero-order chi connectivity index (χ0) is 12.1. The maximum Gasteiger partial charge on any atom is 0.138 e. The van der Waals surface area contributed by atoms with Crippen LogP contribution in [0.4, 0.5) is 0 Å². The molecule has 88 valence electrons. The Labute approximate surface area is 109 Å². The zero-order valence-corrected chi connectivity index (χ0v) is 11.0. The first-order valence-corrected chi connectivity index (χ1v) is 5.94. The van der Waals surface area contributed by atoms with Crippen molar-refractivity contribution in [3.8, 4) is 11.5 Å².